The summed E-state index contributed by atoms with van der Waals surface area (Å²) in [6, 6.07) is 4.09. The summed E-state index contributed by atoms with van der Waals surface area (Å²) in [6.07, 6.45) is 12.2. The summed E-state index contributed by atoms with van der Waals surface area (Å²) >= 11 is 1.69. The number of ketones is 1. The first-order valence-electron chi connectivity index (χ1n) is 7.20. The van der Waals surface area contributed by atoms with Gasteiger partial charge >= 0.3 is 0 Å². The quantitative estimate of drug-likeness (QED) is 0.585. The Bertz CT molecular complexity index is 548. The van der Waals surface area contributed by atoms with Crippen molar-refractivity contribution in [1.29, 1.82) is 0 Å². The molecule has 2 saturated carbocycles. The molecule has 5 rings (SSSR count). The predicted octanol–water partition coefficient (Wildman–Crippen LogP) is 4.47. The molecule has 1 aromatic heterocycles. The van der Waals surface area contributed by atoms with Crippen LogP contribution in [0.15, 0.2) is 35.2 Å². The van der Waals surface area contributed by atoms with E-state index in [4.69, 9.17) is 0 Å². The van der Waals surface area contributed by atoms with Crippen LogP contribution >= 0.6 is 11.3 Å². The van der Waals surface area contributed by atoms with Gasteiger partial charge in [0.15, 0.2) is 5.78 Å². The number of allylic oxidation sites excluding steroid dienone is 3. The lowest BCUT2D eigenvalue weighted by Gasteiger charge is -2.50. The molecule has 1 heterocycles. The largest absolute Gasteiger partial charge is 0.294 e. The number of hydrogen-bond acceptors (Lipinski definition) is 2. The van der Waals surface area contributed by atoms with E-state index in [1.54, 1.807) is 16.9 Å². The molecule has 19 heavy (non-hydrogen) atoms. The first-order valence-corrected chi connectivity index (χ1v) is 8.08. The lowest BCUT2D eigenvalue weighted by atomic mass is 9.53. The summed E-state index contributed by atoms with van der Waals surface area (Å²) in [7, 11) is 0. The van der Waals surface area contributed by atoms with Gasteiger partial charge in [-0.2, -0.15) is 0 Å². The van der Waals surface area contributed by atoms with Crippen molar-refractivity contribution in [3.05, 3.63) is 40.1 Å². The first kappa shape index (κ1) is 11.7. The third kappa shape index (κ3) is 1.93. The fourth-order valence-electron chi connectivity index (χ4n) is 4.50. The van der Waals surface area contributed by atoms with E-state index in [9.17, 15) is 4.79 Å². The second-order valence-electron chi connectivity index (χ2n) is 6.46. The number of rotatable bonds is 3. The molecule has 0 aliphatic heterocycles. The molecule has 98 valence electrons. The molecule has 4 aliphatic carbocycles. The minimum Gasteiger partial charge on any atom is -0.294 e. The fraction of sp³-hybridized carbons (Fsp3) is 0.471. The normalized spacial score (nSPS) is 35.9. The van der Waals surface area contributed by atoms with Gasteiger partial charge in [0.05, 0.1) is 5.41 Å². The average Bonchev–Trinajstić information content (AvgIpc) is 2.87. The molecule has 0 radical (unpaired) electrons. The van der Waals surface area contributed by atoms with Gasteiger partial charge in [0, 0.05) is 4.88 Å². The molecule has 0 saturated heterocycles. The Morgan fingerprint density at radius 1 is 1.32 bits per heavy atom. The maximum Gasteiger partial charge on any atom is 0.165 e. The van der Waals surface area contributed by atoms with Gasteiger partial charge < -0.3 is 0 Å². The molecule has 0 N–H and O–H groups in total. The van der Waals surface area contributed by atoms with Crippen LogP contribution in [-0.2, 0) is 4.79 Å². The van der Waals surface area contributed by atoms with Crippen molar-refractivity contribution in [3.63, 3.8) is 0 Å². The van der Waals surface area contributed by atoms with Gasteiger partial charge in [-0.05, 0) is 67.5 Å². The van der Waals surface area contributed by atoms with Gasteiger partial charge in [-0.3, -0.25) is 4.79 Å². The lowest BCUT2D eigenvalue weighted by Crippen LogP contribution is -2.44. The van der Waals surface area contributed by atoms with Crippen LogP contribution in [0.5, 0.6) is 0 Å². The molecule has 4 bridgehead atoms. The third-order valence-electron chi connectivity index (χ3n) is 4.99. The highest BCUT2D eigenvalue weighted by molar-refractivity contribution is 7.10. The maximum absolute atomic E-state index is 12.7. The maximum atomic E-state index is 12.7. The Balaban J connectivity index is 1.62. The fourth-order valence-corrected chi connectivity index (χ4v) is 5.11. The lowest BCUT2D eigenvalue weighted by molar-refractivity contribution is -0.125. The molecule has 2 heteroatoms. The summed E-state index contributed by atoms with van der Waals surface area (Å²) in [5.41, 5.74) is 1.43. The van der Waals surface area contributed by atoms with E-state index in [-0.39, 0.29) is 5.41 Å². The van der Waals surface area contributed by atoms with E-state index >= 15 is 0 Å². The molecular weight excluding hydrogens is 252 g/mol. The van der Waals surface area contributed by atoms with Gasteiger partial charge in [0.25, 0.3) is 0 Å². The molecular formula is C17H18OS. The van der Waals surface area contributed by atoms with Crippen molar-refractivity contribution in [2.45, 2.75) is 32.1 Å². The number of carbonyl (C=O) groups excluding carboxylic acids is 1. The molecule has 0 spiro atoms. The zero-order chi connectivity index (χ0) is 12.9. The zero-order valence-corrected chi connectivity index (χ0v) is 11.8. The Kier molecular flexibility index (Phi) is 2.56. The van der Waals surface area contributed by atoms with Gasteiger partial charge in [0.1, 0.15) is 0 Å². The van der Waals surface area contributed by atoms with Crippen molar-refractivity contribution < 1.29 is 4.79 Å². The summed E-state index contributed by atoms with van der Waals surface area (Å²) in [5.74, 6) is 1.91. The van der Waals surface area contributed by atoms with Crippen LogP contribution in [-0.4, -0.2) is 5.78 Å². The topological polar surface area (TPSA) is 17.1 Å². The molecule has 2 fully saturated rings. The zero-order valence-electron chi connectivity index (χ0n) is 11.0. The Labute approximate surface area is 118 Å². The highest BCUT2D eigenvalue weighted by Crippen LogP contribution is 2.56. The molecule has 1 nitrogen and oxygen atoms in total. The van der Waals surface area contributed by atoms with Crippen LogP contribution in [0.3, 0.4) is 0 Å². The average molecular weight is 270 g/mol. The highest BCUT2D eigenvalue weighted by Gasteiger charge is 2.49. The number of thiophene rings is 1. The second-order valence-corrected chi connectivity index (χ2v) is 7.44. The summed E-state index contributed by atoms with van der Waals surface area (Å²) < 4.78 is 0. The van der Waals surface area contributed by atoms with Crippen molar-refractivity contribution in [1.82, 2.24) is 0 Å². The predicted molar refractivity (Wildman–Crippen MR) is 78.9 cm³/mol. The summed E-state index contributed by atoms with van der Waals surface area (Å²) in [6.45, 7) is 0. The summed E-state index contributed by atoms with van der Waals surface area (Å²) in [4.78, 5) is 13.8. The van der Waals surface area contributed by atoms with E-state index < -0.39 is 0 Å². The molecule has 0 aromatic carbocycles. The molecule has 4 aliphatic rings. The first-order chi connectivity index (χ1) is 9.23. The molecule has 1 aromatic rings. The van der Waals surface area contributed by atoms with E-state index in [0.29, 0.717) is 5.78 Å². The van der Waals surface area contributed by atoms with E-state index in [2.05, 4.69) is 17.5 Å². The van der Waals surface area contributed by atoms with Crippen molar-refractivity contribution in [3.8, 4) is 0 Å². The monoisotopic (exact) mass is 270 g/mol. The Morgan fingerprint density at radius 3 is 2.74 bits per heavy atom. The van der Waals surface area contributed by atoms with Gasteiger partial charge in [-0.25, -0.2) is 0 Å². The molecule has 2 unspecified atom stereocenters. The smallest absolute Gasteiger partial charge is 0.165 e. The molecule has 0 amide bonds. The van der Waals surface area contributed by atoms with Crippen molar-refractivity contribution in [2.75, 3.05) is 0 Å². The highest BCUT2D eigenvalue weighted by atomic mass is 32.1. The SMILES string of the molecule is O=C(/C=C/c1cccs1)C12C=C3CC(CC(C3)C1)C2. The van der Waals surface area contributed by atoms with Crippen LogP contribution in [0.4, 0.5) is 0 Å². The van der Waals surface area contributed by atoms with Crippen LogP contribution in [0.1, 0.15) is 37.0 Å². The van der Waals surface area contributed by atoms with Gasteiger partial charge in [0.2, 0.25) is 0 Å². The standard InChI is InChI=1S/C17H18OS/c18-16(4-3-15-2-1-5-19-15)17-9-12-6-13(10-17)8-14(7-12)11-17/h1-5,9,13-14H,6-8,10-11H2/b4-3+. The van der Waals surface area contributed by atoms with Crippen LogP contribution in [0, 0.1) is 17.3 Å². The Morgan fingerprint density at radius 2 is 2.11 bits per heavy atom. The van der Waals surface area contributed by atoms with Gasteiger partial charge in [-0.15, -0.1) is 11.3 Å². The molecule has 2 atom stereocenters. The van der Waals surface area contributed by atoms with Crippen LogP contribution in [0.25, 0.3) is 6.08 Å². The van der Waals surface area contributed by atoms with Crippen LogP contribution < -0.4 is 0 Å². The third-order valence-corrected chi connectivity index (χ3v) is 5.83. The van der Waals surface area contributed by atoms with Crippen molar-refractivity contribution in [2.24, 2.45) is 17.3 Å². The minimum atomic E-state index is -0.132. The Hall–Kier alpha value is -1.15. The van der Waals surface area contributed by atoms with E-state index in [1.807, 2.05) is 18.2 Å². The minimum absolute atomic E-state index is 0.132. The van der Waals surface area contributed by atoms with E-state index in [0.717, 1.165) is 24.7 Å². The van der Waals surface area contributed by atoms with Gasteiger partial charge in [-0.1, -0.05) is 17.7 Å². The second kappa shape index (κ2) is 4.17. The van der Waals surface area contributed by atoms with Crippen molar-refractivity contribution >= 4 is 23.2 Å². The van der Waals surface area contributed by atoms with Crippen LogP contribution in [0.2, 0.25) is 0 Å². The number of hydrogen-bond donors (Lipinski definition) is 0. The number of carbonyl (C=O) groups is 1. The summed E-state index contributed by atoms with van der Waals surface area (Å²) in [5, 5.41) is 2.05. The van der Waals surface area contributed by atoms with E-state index in [1.165, 1.54) is 24.1 Å².